The van der Waals surface area contributed by atoms with E-state index in [9.17, 15) is 18.3 Å². The fourth-order valence-corrected chi connectivity index (χ4v) is 3.69. The van der Waals surface area contributed by atoms with E-state index in [1.54, 1.807) is 17.6 Å². The van der Waals surface area contributed by atoms with Crippen LogP contribution in [0.1, 0.15) is 0 Å². The summed E-state index contributed by atoms with van der Waals surface area (Å²) >= 11 is 1.40. The number of hydrogen-bond acceptors (Lipinski definition) is 6. The van der Waals surface area contributed by atoms with E-state index >= 15 is 0 Å². The van der Waals surface area contributed by atoms with Gasteiger partial charge in [-0.3, -0.25) is 4.79 Å². The summed E-state index contributed by atoms with van der Waals surface area (Å²) in [7, 11) is -3.92. The molecule has 0 bridgehead atoms. The summed E-state index contributed by atoms with van der Waals surface area (Å²) < 4.78 is 26.1. The Morgan fingerprint density at radius 3 is 2.75 bits per heavy atom. The summed E-state index contributed by atoms with van der Waals surface area (Å²) in [5.74, 6) is -0.855. The summed E-state index contributed by atoms with van der Waals surface area (Å²) in [5, 5.41) is 12.5. The van der Waals surface area contributed by atoms with Crippen LogP contribution in [0, 0.1) is 0 Å². The molecule has 0 unspecified atom stereocenters. The van der Waals surface area contributed by atoms with Gasteiger partial charge in [-0.05, 0) is 18.2 Å². The average molecular weight is 311 g/mol. The van der Waals surface area contributed by atoms with Crippen LogP contribution in [-0.2, 0) is 15.0 Å². The minimum Gasteiger partial charge on any atom is -0.506 e. The van der Waals surface area contributed by atoms with Crippen molar-refractivity contribution in [3.63, 3.8) is 0 Å². The maximum absolute atomic E-state index is 11.7. The Morgan fingerprint density at radius 2 is 2.20 bits per heavy atom. The fourth-order valence-electron chi connectivity index (χ4n) is 1.89. The van der Waals surface area contributed by atoms with Crippen LogP contribution in [0.25, 0.3) is 10.6 Å². The van der Waals surface area contributed by atoms with Crippen molar-refractivity contribution in [2.75, 3.05) is 10.8 Å². The lowest BCUT2D eigenvalue weighted by Crippen LogP contribution is -2.29. The first-order valence-electron chi connectivity index (χ1n) is 5.53. The van der Waals surface area contributed by atoms with E-state index in [1.807, 2.05) is 4.72 Å². The molecule has 0 radical (unpaired) electrons. The Balaban J connectivity index is 2.02. The number of hydrogen-bond donors (Lipinski definition) is 2. The van der Waals surface area contributed by atoms with Crippen molar-refractivity contribution in [1.29, 1.82) is 0 Å². The van der Waals surface area contributed by atoms with E-state index in [0.29, 0.717) is 10.6 Å². The van der Waals surface area contributed by atoms with Crippen molar-refractivity contribution in [3.05, 3.63) is 29.8 Å². The number of phenolic OH excluding ortho intramolecular Hbond substituents is 1. The largest absolute Gasteiger partial charge is 0.506 e. The van der Waals surface area contributed by atoms with Gasteiger partial charge in [-0.15, -0.1) is 11.3 Å². The summed E-state index contributed by atoms with van der Waals surface area (Å²) in [6.07, 6.45) is 1.64. The molecule has 1 aromatic carbocycles. The predicted molar refractivity (Wildman–Crippen MR) is 73.6 cm³/mol. The molecule has 1 amide bonds. The summed E-state index contributed by atoms with van der Waals surface area (Å²) in [6.45, 7) is -0.341. The molecule has 1 aromatic heterocycles. The molecule has 104 valence electrons. The quantitative estimate of drug-likeness (QED) is 0.850. The van der Waals surface area contributed by atoms with Crippen molar-refractivity contribution >= 4 is 33.1 Å². The van der Waals surface area contributed by atoms with Gasteiger partial charge in [0.2, 0.25) is 0 Å². The van der Waals surface area contributed by atoms with Crippen LogP contribution >= 0.6 is 11.3 Å². The number of benzene rings is 1. The number of anilines is 1. The second-order valence-electron chi connectivity index (χ2n) is 4.08. The first kappa shape index (κ1) is 12.9. The van der Waals surface area contributed by atoms with Gasteiger partial charge in [-0.25, -0.2) is 14.0 Å². The lowest BCUT2D eigenvalue weighted by atomic mass is 10.2. The van der Waals surface area contributed by atoms with Gasteiger partial charge in [0.15, 0.2) is 0 Å². The molecule has 0 aliphatic carbocycles. The molecule has 1 saturated heterocycles. The first-order chi connectivity index (χ1) is 9.47. The van der Waals surface area contributed by atoms with Crippen molar-refractivity contribution in [2.24, 2.45) is 0 Å². The topological polar surface area (TPSA) is 99.6 Å². The van der Waals surface area contributed by atoms with E-state index < -0.39 is 16.1 Å². The van der Waals surface area contributed by atoms with Gasteiger partial charge in [0.05, 0.1) is 5.69 Å². The summed E-state index contributed by atoms with van der Waals surface area (Å²) in [6, 6.07) is 4.52. The van der Waals surface area contributed by atoms with Gasteiger partial charge in [0.1, 0.15) is 17.3 Å². The van der Waals surface area contributed by atoms with E-state index in [4.69, 9.17) is 0 Å². The Bertz CT molecular complexity index is 771. The number of rotatable bonds is 2. The Kier molecular flexibility index (Phi) is 2.87. The van der Waals surface area contributed by atoms with Gasteiger partial charge in [-0.1, -0.05) is 0 Å². The van der Waals surface area contributed by atoms with Crippen LogP contribution in [0.3, 0.4) is 0 Å². The molecule has 0 spiro atoms. The van der Waals surface area contributed by atoms with Crippen LogP contribution < -0.4 is 9.03 Å². The van der Waals surface area contributed by atoms with Crippen LogP contribution in [0.2, 0.25) is 0 Å². The molecule has 2 N–H and O–H groups in total. The molecular formula is C11H9N3O4S2. The number of amides is 1. The van der Waals surface area contributed by atoms with Crippen LogP contribution in [0.4, 0.5) is 5.69 Å². The molecule has 2 heterocycles. The molecule has 0 saturated carbocycles. The van der Waals surface area contributed by atoms with Crippen LogP contribution in [0.15, 0.2) is 29.8 Å². The SMILES string of the molecule is O=C1CN(c2ccc(-c3nccs3)cc2O)S(=O)(=O)N1. The highest BCUT2D eigenvalue weighted by atomic mass is 32.2. The number of nitrogens with one attached hydrogen (secondary N) is 1. The van der Waals surface area contributed by atoms with Crippen molar-refractivity contribution in [3.8, 4) is 16.3 Å². The number of aromatic hydroxyl groups is 1. The molecule has 1 aliphatic rings. The maximum atomic E-state index is 11.7. The molecule has 7 nitrogen and oxygen atoms in total. The Hall–Kier alpha value is -2.13. The highest BCUT2D eigenvalue weighted by Crippen LogP contribution is 2.34. The number of aromatic nitrogens is 1. The minimum absolute atomic E-state index is 0.0589. The zero-order valence-corrected chi connectivity index (χ0v) is 11.6. The number of phenols is 1. The zero-order chi connectivity index (χ0) is 14.3. The van der Waals surface area contributed by atoms with Gasteiger partial charge in [-0.2, -0.15) is 8.42 Å². The smallest absolute Gasteiger partial charge is 0.326 e. The monoisotopic (exact) mass is 311 g/mol. The Labute approximate surface area is 118 Å². The molecule has 1 aliphatic heterocycles. The molecule has 9 heteroatoms. The lowest BCUT2D eigenvalue weighted by molar-refractivity contribution is -0.117. The van der Waals surface area contributed by atoms with Gasteiger partial charge in [0.25, 0.3) is 5.91 Å². The van der Waals surface area contributed by atoms with Crippen LogP contribution in [0.5, 0.6) is 5.75 Å². The van der Waals surface area contributed by atoms with E-state index in [1.165, 1.54) is 23.5 Å². The third-order valence-electron chi connectivity index (χ3n) is 2.74. The van der Waals surface area contributed by atoms with Gasteiger partial charge >= 0.3 is 10.2 Å². The van der Waals surface area contributed by atoms with Gasteiger partial charge in [0, 0.05) is 17.1 Å². The molecule has 2 aromatic rings. The molecule has 1 fully saturated rings. The second-order valence-corrected chi connectivity index (χ2v) is 6.57. The predicted octanol–water partition coefficient (Wildman–Crippen LogP) is 0.697. The van der Waals surface area contributed by atoms with Gasteiger partial charge < -0.3 is 5.11 Å². The lowest BCUT2D eigenvalue weighted by Gasteiger charge is -2.16. The molecule has 3 rings (SSSR count). The highest BCUT2D eigenvalue weighted by Gasteiger charge is 2.35. The second kappa shape index (κ2) is 4.46. The average Bonchev–Trinajstić information content (AvgIpc) is 2.97. The minimum atomic E-state index is -3.92. The van der Waals surface area contributed by atoms with E-state index in [0.717, 1.165) is 4.31 Å². The number of thiazole rings is 1. The number of carbonyl (C=O) groups is 1. The Morgan fingerprint density at radius 1 is 1.40 bits per heavy atom. The zero-order valence-electron chi connectivity index (χ0n) is 9.98. The first-order valence-corrected chi connectivity index (χ1v) is 7.85. The maximum Gasteiger partial charge on any atom is 0.326 e. The van der Waals surface area contributed by atoms with E-state index in [-0.39, 0.29) is 18.0 Å². The highest BCUT2D eigenvalue weighted by molar-refractivity contribution is 7.92. The normalized spacial score (nSPS) is 17.2. The fraction of sp³-hybridized carbons (Fsp3) is 0.0909. The standard InChI is InChI=1S/C11H9N3O4S2/c15-9-5-7(11-12-3-4-19-11)1-2-8(9)14-6-10(16)13-20(14,17)18/h1-5,15H,6H2,(H,13,16). The molecule has 0 atom stereocenters. The van der Waals surface area contributed by atoms with Crippen molar-refractivity contribution in [2.45, 2.75) is 0 Å². The van der Waals surface area contributed by atoms with E-state index in [2.05, 4.69) is 4.98 Å². The van der Waals surface area contributed by atoms with Crippen molar-refractivity contribution < 1.29 is 18.3 Å². The number of carbonyl (C=O) groups excluding carboxylic acids is 1. The number of nitrogens with zero attached hydrogens (tertiary/aromatic N) is 2. The van der Waals surface area contributed by atoms with Crippen LogP contribution in [-0.4, -0.2) is 31.0 Å². The molecule has 20 heavy (non-hydrogen) atoms. The molecular weight excluding hydrogens is 302 g/mol. The third-order valence-corrected chi connectivity index (χ3v) is 4.96. The third kappa shape index (κ3) is 2.10. The summed E-state index contributed by atoms with van der Waals surface area (Å²) in [5.41, 5.74) is 0.737. The van der Waals surface area contributed by atoms with Crippen molar-refractivity contribution in [1.82, 2.24) is 9.71 Å². The summed E-state index contributed by atoms with van der Waals surface area (Å²) in [4.78, 5) is 15.3.